The molecular formula is C26H22F3N5O2. The van der Waals surface area contributed by atoms with E-state index < -0.39 is 18.3 Å². The highest BCUT2D eigenvalue weighted by Crippen LogP contribution is 2.27. The van der Waals surface area contributed by atoms with E-state index >= 15 is 0 Å². The predicted molar refractivity (Wildman–Crippen MR) is 132 cm³/mol. The van der Waals surface area contributed by atoms with Crippen molar-refractivity contribution in [3.8, 4) is 11.4 Å². The van der Waals surface area contributed by atoms with Gasteiger partial charge in [-0.05, 0) is 42.0 Å². The molecule has 1 N–H and O–H groups in total. The lowest BCUT2D eigenvalue weighted by molar-refractivity contribution is -0.115. The minimum Gasteiger partial charge on any atom is -0.497 e. The number of nitrogens with zero attached hydrogens (tertiary/aromatic N) is 4. The normalized spacial score (nSPS) is 11.8. The third-order valence-electron chi connectivity index (χ3n) is 5.94. The van der Waals surface area contributed by atoms with Gasteiger partial charge in [-0.25, -0.2) is 9.97 Å². The summed E-state index contributed by atoms with van der Waals surface area (Å²) in [5.41, 5.74) is 2.19. The van der Waals surface area contributed by atoms with Gasteiger partial charge < -0.3 is 14.6 Å². The summed E-state index contributed by atoms with van der Waals surface area (Å²) in [6.07, 6.45) is -3.93. The summed E-state index contributed by atoms with van der Waals surface area (Å²) in [6, 6.07) is 19.6. The van der Waals surface area contributed by atoms with Crippen molar-refractivity contribution in [2.45, 2.75) is 12.6 Å². The molecule has 0 fully saturated rings. The van der Waals surface area contributed by atoms with Crippen LogP contribution < -0.4 is 15.6 Å². The molecule has 0 saturated carbocycles. The SMILES string of the molecule is COc1ccc(Cc2nc3c(=O)n(-c4ccccc4)c4nc(NCC(F)(F)F)ccc4c3n2C)cc1. The van der Waals surface area contributed by atoms with Gasteiger partial charge in [0.1, 0.15) is 23.9 Å². The lowest BCUT2D eigenvalue weighted by atomic mass is 10.1. The van der Waals surface area contributed by atoms with Gasteiger partial charge in [0.15, 0.2) is 11.2 Å². The number of benzene rings is 2. The number of halogens is 3. The third kappa shape index (κ3) is 4.37. The standard InChI is InChI=1S/C26H22F3N5O2/c1-33-21(14-16-8-10-18(36-2)11-9-16)32-22-23(33)19-12-13-20(30-15-26(27,28)29)31-24(19)34(25(22)35)17-6-4-3-5-7-17/h3-13H,14-15H2,1-2H3,(H,30,31). The van der Waals surface area contributed by atoms with Crippen molar-refractivity contribution in [2.75, 3.05) is 19.0 Å². The van der Waals surface area contributed by atoms with E-state index in [-0.39, 0.29) is 17.0 Å². The number of anilines is 1. The van der Waals surface area contributed by atoms with Gasteiger partial charge in [0.2, 0.25) is 0 Å². The first-order valence-electron chi connectivity index (χ1n) is 11.2. The molecule has 36 heavy (non-hydrogen) atoms. The maximum atomic E-state index is 13.7. The van der Waals surface area contributed by atoms with Crippen LogP contribution in [0.15, 0.2) is 71.5 Å². The second-order valence-electron chi connectivity index (χ2n) is 8.32. The predicted octanol–water partition coefficient (Wildman–Crippen LogP) is 4.85. The number of para-hydroxylation sites is 1. The molecule has 184 valence electrons. The molecule has 5 aromatic rings. The van der Waals surface area contributed by atoms with Crippen molar-refractivity contribution < 1.29 is 17.9 Å². The molecule has 0 saturated heterocycles. The van der Waals surface area contributed by atoms with Gasteiger partial charge in [0.05, 0.1) is 18.3 Å². The quantitative estimate of drug-likeness (QED) is 0.366. The van der Waals surface area contributed by atoms with Gasteiger partial charge in [0.25, 0.3) is 5.56 Å². The minimum absolute atomic E-state index is 0.0175. The number of methoxy groups -OCH3 is 1. The first-order valence-corrected chi connectivity index (χ1v) is 11.2. The van der Waals surface area contributed by atoms with E-state index in [4.69, 9.17) is 4.74 Å². The van der Waals surface area contributed by atoms with Crippen LogP contribution in [0, 0.1) is 0 Å². The van der Waals surface area contributed by atoms with Crippen molar-refractivity contribution in [2.24, 2.45) is 7.05 Å². The lowest BCUT2D eigenvalue weighted by Crippen LogP contribution is -2.23. The average Bonchev–Trinajstić information content (AvgIpc) is 3.20. The monoisotopic (exact) mass is 493 g/mol. The Bertz CT molecular complexity index is 1610. The van der Waals surface area contributed by atoms with E-state index in [1.807, 2.05) is 41.9 Å². The summed E-state index contributed by atoms with van der Waals surface area (Å²) in [6.45, 7) is -1.24. The number of ether oxygens (including phenoxy) is 1. The number of nitrogens with one attached hydrogen (secondary N) is 1. The minimum atomic E-state index is -4.40. The van der Waals surface area contributed by atoms with E-state index in [9.17, 15) is 18.0 Å². The first kappa shape index (κ1) is 23.4. The Morgan fingerprint density at radius 2 is 1.69 bits per heavy atom. The zero-order valence-electron chi connectivity index (χ0n) is 19.5. The maximum absolute atomic E-state index is 13.7. The second kappa shape index (κ2) is 9.03. The molecule has 0 unspecified atom stereocenters. The van der Waals surface area contributed by atoms with Gasteiger partial charge in [0, 0.05) is 18.9 Å². The first-order chi connectivity index (χ1) is 17.2. The molecule has 0 spiro atoms. The molecule has 5 rings (SSSR count). The number of pyridine rings is 2. The highest BCUT2D eigenvalue weighted by molar-refractivity contribution is 6.02. The number of hydrogen-bond acceptors (Lipinski definition) is 5. The molecule has 3 heterocycles. The highest BCUT2D eigenvalue weighted by Gasteiger charge is 2.27. The molecule has 0 radical (unpaired) electrons. The topological polar surface area (TPSA) is 74.0 Å². The average molecular weight is 493 g/mol. The summed E-state index contributed by atoms with van der Waals surface area (Å²) in [7, 11) is 3.41. The Morgan fingerprint density at radius 3 is 2.36 bits per heavy atom. The van der Waals surface area contributed by atoms with Crippen molar-refractivity contribution in [3.63, 3.8) is 0 Å². The van der Waals surface area contributed by atoms with Crippen LogP contribution in [-0.4, -0.2) is 38.9 Å². The van der Waals surface area contributed by atoms with Crippen molar-refractivity contribution in [1.29, 1.82) is 0 Å². The number of alkyl halides is 3. The summed E-state index contributed by atoms with van der Waals surface area (Å²) in [5, 5.41) is 2.90. The van der Waals surface area contributed by atoms with Crippen LogP contribution >= 0.6 is 0 Å². The number of rotatable bonds is 6. The van der Waals surface area contributed by atoms with Crippen LogP contribution in [-0.2, 0) is 13.5 Å². The van der Waals surface area contributed by atoms with Crippen LogP contribution in [0.25, 0.3) is 27.8 Å². The molecular weight excluding hydrogens is 471 g/mol. The smallest absolute Gasteiger partial charge is 0.405 e. The van der Waals surface area contributed by atoms with Gasteiger partial charge in [-0.2, -0.15) is 13.2 Å². The maximum Gasteiger partial charge on any atom is 0.405 e. The molecule has 0 amide bonds. The number of hydrogen-bond donors (Lipinski definition) is 1. The van der Waals surface area contributed by atoms with Crippen LogP contribution in [0.4, 0.5) is 19.0 Å². The molecule has 0 aliphatic carbocycles. The number of fused-ring (bicyclic) bond motifs is 3. The highest BCUT2D eigenvalue weighted by atomic mass is 19.4. The molecule has 0 aliphatic rings. The van der Waals surface area contributed by atoms with Crippen molar-refractivity contribution >= 4 is 27.9 Å². The van der Waals surface area contributed by atoms with Crippen LogP contribution in [0.2, 0.25) is 0 Å². The van der Waals surface area contributed by atoms with Gasteiger partial charge >= 0.3 is 6.18 Å². The number of imidazole rings is 1. The second-order valence-corrected chi connectivity index (χ2v) is 8.32. The van der Waals surface area contributed by atoms with E-state index in [2.05, 4.69) is 15.3 Å². The van der Waals surface area contributed by atoms with Crippen LogP contribution in [0.5, 0.6) is 5.75 Å². The fourth-order valence-corrected chi connectivity index (χ4v) is 4.20. The number of aryl methyl sites for hydroxylation is 1. The van der Waals surface area contributed by atoms with Crippen molar-refractivity contribution in [1.82, 2.24) is 19.1 Å². The molecule has 0 atom stereocenters. The third-order valence-corrected chi connectivity index (χ3v) is 5.94. The van der Waals surface area contributed by atoms with Crippen LogP contribution in [0.1, 0.15) is 11.4 Å². The number of aromatic nitrogens is 4. The Hall–Kier alpha value is -4.34. The van der Waals surface area contributed by atoms with Gasteiger partial charge in [-0.15, -0.1) is 0 Å². The van der Waals surface area contributed by atoms with Gasteiger partial charge in [-0.3, -0.25) is 9.36 Å². The molecule has 10 heteroatoms. The molecule has 3 aromatic heterocycles. The largest absolute Gasteiger partial charge is 0.497 e. The Kier molecular flexibility index (Phi) is 5.87. The lowest BCUT2D eigenvalue weighted by Gasteiger charge is -2.14. The molecule has 2 aromatic carbocycles. The van der Waals surface area contributed by atoms with E-state index in [1.54, 1.807) is 37.4 Å². The van der Waals surface area contributed by atoms with E-state index in [1.165, 1.54) is 10.6 Å². The van der Waals surface area contributed by atoms with E-state index in [0.29, 0.717) is 28.8 Å². The Labute approximate surface area is 203 Å². The van der Waals surface area contributed by atoms with E-state index in [0.717, 1.165) is 11.3 Å². The van der Waals surface area contributed by atoms with Crippen molar-refractivity contribution in [3.05, 3.63) is 88.5 Å². The molecule has 0 aliphatic heterocycles. The molecule has 0 bridgehead atoms. The van der Waals surface area contributed by atoms with Gasteiger partial charge in [-0.1, -0.05) is 30.3 Å². The Balaban J connectivity index is 1.71. The summed E-state index contributed by atoms with van der Waals surface area (Å²) >= 11 is 0. The zero-order chi connectivity index (χ0) is 25.4. The Morgan fingerprint density at radius 1 is 0.972 bits per heavy atom. The fourth-order valence-electron chi connectivity index (χ4n) is 4.20. The summed E-state index contributed by atoms with van der Waals surface area (Å²) in [4.78, 5) is 22.8. The summed E-state index contributed by atoms with van der Waals surface area (Å²) < 4.78 is 46.8. The van der Waals surface area contributed by atoms with Crippen LogP contribution in [0.3, 0.4) is 0 Å². The molecule has 7 nitrogen and oxygen atoms in total. The zero-order valence-corrected chi connectivity index (χ0v) is 19.5. The summed E-state index contributed by atoms with van der Waals surface area (Å²) in [5.74, 6) is 1.42. The fraction of sp³-hybridized carbons (Fsp3) is 0.192.